The molecule has 0 amide bonds. The number of carbonyl (C=O) groups is 2. The molecule has 172 valence electrons. The second kappa shape index (κ2) is 8.45. The van der Waals surface area contributed by atoms with Crippen LogP contribution < -0.4 is 5.32 Å². The summed E-state index contributed by atoms with van der Waals surface area (Å²) in [4.78, 5) is 29.2. The summed E-state index contributed by atoms with van der Waals surface area (Å²) >= 11 is 0. The van der Waals surface area contributed by atoms with Crippen LogP contribution in [0.3, 0.4) is 0 Å². The second-order valence-electron chi connectivity index (χ2n) is 9.30. The topological polar surface area (TPSA) is 92.4 Å². The molecule has 1 unspecified atom stereocenters. The average molecular weight is 455 g/mol. The van der Waals surface area contributed by atoms with Crippen molar-refractivity contribution in [2.24, 2.45) is 11.3 Å². The number of carbonyl (C=O) groups excluding carboxylic acids is 1. The Kier molecular flexibility index (Phi) is 5.44. The summed E-state index contributed by atoms with van der Waals surface area (Å²) in [6.45, 7) is 3.80. The summed E-state index contributed by atoms with van der Waals surface area (Å²) in [5.41, 5.74) is 5.22. The number of fused-ring (bicyclic) bond motifs is 1. The number of aliphatic carboxylic acids is 1. The molecule has 6 heteroatoms. The molecule has 1 heterocycles. The number of ketones is 1. The summed E-state index contributed by atoms with van der Waals surface area (Å²) in [5, 5.41) is 12.7. The fourth-order valence-corrected chi connectivity index (χ4v) is 4.93. The first kappa shape index (κ1) is 21.9. The predicted octanol–water partition coefficient (Wildman–Crippen LogP) is 6.62. The molecular formula is C28H26N2O4. The minimum absolute atomic E-state index is 0.0861. The van der Waals surface area contributed by atoms with E-state index < -0.39 is 17.3 Å². The number of oxazole rings is 1. The third kappa shape index (κ3) is 3.96. The van der Waals surface area contributed by atoms with Crippen molar-refractivity contribution in [2.75, 3.05) is 5.32 Å². The van der Waals surface area contributed by atoms with Crippen molar-refractivity contribution in [3.63, 3.8) is 0 Å². The van der Waals surface area contributed by atoms with Crippen molar-refractivity contribution >= 4 is 34.6 Å². The quantitative estimate of drug-likeness (QED) is 0.318. The van der Waals surface area contributed by atoms with Crippen LogP contribution in [0.15, 0.2) is 71.1 Å². The van der Waals surface area contributed by atoms with Gasteiger partial charge in [0.1, 0.15) is 5.52 Å². The molecule has 0 radical (unpaired) electrons. The number of nitrogens with one attached hydrogen (secondary N) is 1. The first-order valence-electron chi connectivity index (χ1n) is 11.5. The van der Waals surface area contributed by atoms with Gasteiger partial charge >= 0.3 is 5.97 Å². The van der Waals surface area contributed by atoms with Crippen LogP contribution in [0.4, 0.5) is 11.7 Å². The number of benzene rings is 3. The first-order chi connectivity index (χ1) is 16.3. The maximum absolute atomic E-state index is 13.1. The maximum Gasteiger partial charge on any atom is 0.307 e. The zero-order chi connectivity index (χ0) is 23.9. The van der Waals surface area contributed by atoms with Gasteiger partial charge in [-0.15, -0.1) is 0 Å². The standard InChI is InChI=1S/C28H26N2O4/c1-17-5-14-23-24(16-17)34-27(30-23)29-21-12-10-19(11-13-21)18-6-8-20(9-7-18)25(31)28(2)15-3-4-22(28)26(32)33/h5-14,16,22H,3-4,15H2,1-2H3,(H,29,30)(H,32,33)/t22-,28?/m0/s1. The second-order valence-corrected chi connectivity index (χ2v) is 9.30. The van der Waals surface area contributed by atoms with Gasteiger partial charge < -0.3 is 14.8 Å². The molecule has 0 bridgehead atoms. The number of hydrogen-bond acceptors (Lipinski definition) is 5. The molecular weight excluding hydrogens is 428 g/mol. The van der Waals surface area contributed by atoms with E-state index in [1.807, 2.05) is 61.5 Å². The smallest absolute Gasteiger partial charge is 0.307 e. The van der Waals surface area contributed by atoms with Gasteiger partial charge in [0.05, 0.1) is 5.92 Å². The number of nitrogens with zero attached hydrogens (tertiary/aromatic N) is 1. The summed E-state index contributed by atoms with van der Waals surface area (Å²) in [6.07, 6.45) is 1.93. The summed E-state index contributed by atoms with van der Waals surface area (Å²) in [7, 11) is 0. The lowest BCUT2D eigenvalue weighted by Crippen LogP contribution is -2.36. The van der Waals surface area contributed by atoms with Crippen molar-refractivity contribution in [3.05, 3.63) is 77.9 Å². The predicted molar refractivity (Wildman–Crippen MR) is 131 cm³/mol. The highest BCUT2D eigenvalue weighted by molar-refractivity contribution is 6.03. The number of rotatable bonds is 6. The summed E-state index contributed by atoms with van der Waals surface area (Å²) in [6, 6.07) is 21.6. The Bertz CT molecular complexity index is 1370. The third-order valence-corrected chi connectivity index (χ3v) is 6.94. The number of carboxylic acid groups (broad SMARTS) is 1. The molecule has 1 aliphatic carbocycles. The number of Topliss-reactive ketones (excluding diaryl/α,β-unsaturated/α-hetero) is 1. The van der Waals surface area contributed by atoms with Gasteiger partial charge in [0.25, 0.3) is 6.01 Å². The van der Waals surface area contributed by atoms with E-state index in [2.05, 4.69) is 10.3 Å². The molecule has 1 aromatic heterocycles. The highest BCUT2D eigenvalue weighted by Crippen LogP contribution is 2.45. The average Bonchev–Trinajstić information content (AvgIpc) is 3.42. The molecule has 5 rings (SSSR count). The largest absolute Gasteiger partial charge is 0.481 e. The Morgan fingerprint density at radius 1 is 1.03 bits per heavy atom. The lowest BCUT2D eigenvalue weighted by atomic mass is 9.74. The molecule has 34 heavy (non-hydrogen) atoms. The van der Waals surface area contributed by atoms with Crippen LogP contribution in [0.5, 0.6) is 0 Å². The fourth-order valence-electron chi connectivity index (χ4n) is 4.93. The molecule has 2 N–H and O–H groups in total. The van der Waals surface area contributed by atoms with E-state index in [9.17, 15) is 14.7 Å². The fraction of sp³-hybridized carbons (Fsp3) is 0.250. The SMILES string of the molecule is Cc1ccc2nc(Nc3ccc(-c4ccc(C(=O)C5(C)CCC[C@H]5C(=O)O)cc4)cc3)oc2c1. The lowest BCUT2D eigenvalue weighted by Gasteiger charge is -2.27. The van der Waals surface area contributed by atoms with Gasteiger partial charge in [0.2, 0.25) is 0 Å². The van der Waals surface area contributed by atoms with Crippen LogP contribution in [-0.4, -0.2) is 21.8 Å². The highest BCUT2D eigenvalue weighted by Gasteiger charge is 2.48. The first-order valence-corrected chi connectivity index (χ1v) is 11.5. The molecule has 1 fully saturated rings. The zero-order valence-corrected chi connectivity index (χ0v) is 19.2. The zero-order valence-electron chi connectivity index (χ0n) is 19.2. The molecule has 1 aliphatic rings. The van der Waals surface area contributed by atoms with Crippen molar-refractivity contribution < 1.29 is 19.1 Å². The molecule has 1 saturated carbocycles. The molecule has 3 aromatic carbocycles. The normalized spacial score (nSPS) is 19.9. The van der Waals surface area contributed by atoms with Crippen LogP contribution >= 0.6 is 0 Å². The lowest BCUT2D eigenvalue weighted by molar-refractivity contribution is -0.144. The van der Waals surface area contributed by atoms with Crippen molar-refractivity contribution in [1.82, 2.24) is 4.98 Å². The van der Waals surface area contributed by atoms with Gasteiger partial charge in [-0.05, 0) is 60.7 Å². The van der Waals surface area contributed by atoms with Crippen molar-refractivity contribution in [1.29, 1.82) is 0 Å². The van der Waals surface area contributed by atoms with Gasteiger partial charge in [-0.3, -0.25) is 9.59 Å². The highest BCUT2D eigenvalue weighted by atomic mass is 16.4. The van der Waals surface area contributed by atoms with Gasteiger partial charge in [-0.2, -0.15) is 4.98 Å². The van der Waals surface area contributed by atoms with Crippen molar-refractivity contribution in [3.8, 4) is 11.1 Å². The van der Waals surface area contributed by atoms with E-state index in [-0.39, 0.29) is 5.78 Å². The van der Waals surface area contributed by atoms with Crippen LogP contribution in [0.1, 0.15) is 42.1 Å². The molecule has 0 spiro atoms. The number of carboxylic acids is 1. The number of aromatic nitrogens is 1. The maximum atomic E-state index is 13.1. The van der Waals surface area contributed by atoms with Gasteiger partial charge in [0.15, 0.2) is 11.4 Å². The van der Waals surface area contributed by atoms with Crippen LogP contribution in [-0.2, 0) is 4.79 Å². The van der Waals surface area contributed by atoms with E-state index in [1.165, 1.54) is 0 Å². The van der Waals surface area contributed by atoms with Gasteiger partial charge in [0, 0.05) is 16.7 Å². The monoisotopic (exact) mass is 454 g/mol. The van der Waals surface area contributed by atoms with E-state index >= 15 is 0 Å². The Morgan fingerprint density at radius 3 is 2.38 bits per heavy atom. The minimum Gasteiger partial charge on any atom is -0.481 e. The van der Waals surface area contributed by atoms with E-state index in [1.54, 1.807) is 19.1 Å². The van der Waals surface area contributed by atoms with E-state index in [0.29, 0.717) is 24.4 Å². The molecule has 6 nitrogen and oxygen atoms in total. The Hall–Kier alpha value is -3.93. The van der Waals surface area contributed by atoms with Crippen LogP contribution in [0.25, 0.3) is 22.2 Å². The van der Waals surface area contributed by atoms with Crippen LogP contribution in [0.2, 0.25) is 0 Å². The van der Waals surface area contributed by atoms with E-state index in [0.717, 1.165) is 39.9 Å². The Labute approximate surface area is 197 Å². The minimum atomic E-state index is -0.883. The number of aryl methyl sites for hydroxylation is 1. The summed E-state index contributed by atoms with van der Waals surface area (Å²) < 4.78 is 5.78. The molecule has 4 aromatic rings. The third-order valence-electron chi connectivity index (χ3n) is 6.94. The number of hydrogen-bond donors (Lipinski definition) is 2. The van der Waals surface area contributed by atoms with Crippen LogP contribution in [0, 0.1) is 18.3 Å². The molecule has 2 atom stereocenters. The number of anilines is 2. The van der Waals surface area contributed by atoms with Crippen molar-refractivity contribution in [2.45, 2.75) is 33.1 Å². The Morgan fingerprint density at radius 2 is 1.71 bits per heavy atom. The Balaban J connectivity index is 1.30. The molecule has 0 saturated heterocycles. The van der Waals surface area contributed by atoms with Gasteiger partial charge in [-0.25, -0.2) is 0 Å². The molecule has 0 aliphatic heterocycles. The van der Waals surface area contributed by atoms with Gasteiger partial charge in [-0.1, -0.05) is 55.8 Å². The van der Waals surface area contributed by atoms with E-state index in [4.69, 9.17) is 4.42 Å². The summed E-state index contributed by atoms with van der Waals surface area (Å²) in [5.74, 6) is -1.59.